The van der Waals surface area contributed by atoms with Crippen LogP contribution in [-0.4, -0.2) is 66.8 Å². The summed E-state index contributed by atoms with van der Waals surface area (Å²) in [5.74, 6) is 1.19. The highest BCUT2D eigenvalue weighted by atomic mass is 19.1. The molecule has 0 spiro atoms. The number of nitrogens with zero attached hydrogens (tertiary/aromatic N) is 3. The van der Waals surface area contributed by atoms with E-state index in [4.69, 9.17) is 0 Å². The van der Waals surface area contributed by atoms with Gasteiger partial charge in [0.05, 0.1) is 27.2 Å². The number of fused-ring (bicyclic) bond motifs is 1. The van der Waals surface area contributed by atoms with Crippen molar-refractivity contribution in [3.8, 4) is 0 Å². The summed E-state index contributed by atoms with van der Waals surface area (Å²) in [5.41, 5.74) is 0. The number of halogens is 1. The summed E-state index contributed by atoms with van der Waals surface area (Å²) in [7, 11) is 4.05. The van der Waals surface area contributed by atoms with Gasteiger partial charge in [-0.2, -0.15) is 0 Å². The molecular formula is C9H17FN3+. The quantitative estimate of drug-likeness (QED) is 0.492. The van der Waals surface area contributed by atoms with E-state index in [9.17, 15) is 4.39 Å². The number of alkyl halides is 1. The van der Waals surface area contributed by atoms with E-state index in [2.05, 4.69) is 16.8 Å². The summed E-state index contributed by atoms with van der Waals surface area (Å²) in [4.78, 5) is 4.37. The van der Waals surface area contributed by atoms with E-state index in [-0.39, 0.29) is 0 Å². The van der Waals surface area contributed by atoms with Gasteiger partial charge in [-0.3, -0.25) is 14.4 Å². The third kappa shape index (κ3) is 1.49. The van der Waals surface area contributed by atoms with Crippen LogP contribution < -0.4 is 0 Å². The van der Waals surface area contributed by atoms with Crippen LogP contribution in [0.15, 0.2) is 0 Å². The maximum Gasteiger partial charge on any atom is 0.350 e. The molecule has 2 aliphatic heterocycles. The maximum atomic E-state index is 13.2. The van der Waals surface area contributed by atoms with Gasteiger partial charge in [0.1, 0.15) is 13.1 Å². The first-order chi connectivity index (χ1) is 6.18. The molecule has 1 fully saturated rings. The van der Waals surface area contributed by atoms with Crippen molar-refractivity contribution >= 4 is 5.96 Å². The fourth-order valence-electron chi connectivity index (χ4n) is 2.32. The lowest BCUT2D eigenvalue weighted by atomic mass is 10.2. The normalized spacial score (nSPS) is 29.3. The highest BCUT2D eigenvalue weighted by Gasteiger charge is 2.36. The minimum Gasteiger partial charge on any atom is -0.267 e. The fourth-order valence-corrected chi connectivity index (χ4v) is 2.32. The molecule has 0 amide bonds. The molecule has 4 heteroatoms. The molecule has 0 radical (unpaired) electrons. The highest BCUT2D eigenvalue weighted by molar-refractivity contribution is 5.76. The van der Waals surface area contributed by atoms with Crippen LogP contribution in [0, 0.1) is 0 Å². The average Bonchev–Trinajstić information content (AvgIpc) is 2.02. The molecule has 0 aliphatic carbocycles. The van der Waals surface area contributed by atoms with Crippen LogP contribution in [0.25, 0.3) is 0 Å². The van der Waals surface area contributed by atoms with Gasteiger partial charge < -0.3 is 0 Å². The van der Waals surface area contributed by atoms with E-state index in [1.165, 1.54) is 5.96 Å². The second kappa shape index (κ2) is 3.16. The van der Waals surface area contributed by atoms with Crippen LogP contribution in [-0.2, 0) is 0 Å². The first kappa shape index (κ1) is 8.78. The summed E-state index contributed by atoms with van der Waals surface area (Å²) < 4.78 is 15.2. The molecule has 0 aromatic heterocycles. The Balaban J connectivity index is 2.26. The predicted molar refractivity (Wildman–Crippen MR) is 49.8 cm³/mol. The molecule has 74 valence electrons. The average molecular weight is 186 g/mol. The van der Waals surface area contributed by atoms with Crippen LogP contribution in [0.5, 0.6) is 0 Å². The predicted octanol–water partition coefficient (Wildman–Crippen LogP) is -0.0261. The third-order valence-electron chi connectivity index (χ3n) is 2.78. The second-order valence-electron chi connectivity index (χ2n) is 4.00. The van der Waals surface area contributed by atoms with Crippen LogP contribution >= 0.6 is 0 Å². The van der Waals surface area contributed by atoms with Crippen molar-refractivity contribution in [1.29, 1.82) is 0 Å². The van der Waals surface area contributed by atoms with Crippen molar-refractivity contribution in [1.82, 2.24) is 9.80 Å². The van der Waals surface area contributed by atoms with E-state index in [1.54, 1.807) is 0 Å². The molecule has 0 aromatic carbocycles. The summed E-state index contributed by atoms with van der Waals surface area (Å²) in [6, 6.07) is 0. The summed E-state index contributed by atoms with van der Waals surface area (Å²) in [6.07, 6.45) is 0.445. The van der Waals surface area contributed by atoms with E-state index >= 15 is 0 Å². The van der Waals surface area contributed by atoms with Gasteiger partial charge in [0.25, 0.3) is 0 Å². The van der Waals surface area contributed by atoms with Crippen molar-refractivity contribution < 1.29 is 8.97 Å². The largest absolute Gasteiger partial charge is 0.350 e. The fraction of sp³-hybridized carbons (Fsp3) is 0.889. The van der Waals surface area contributed by atoms with Crippen molar-refractivity contribution in [3.05, 3.63) is 0 Å². The Morgan fingerprint density at radius 1 is 1.46 bits per heavy atom. The van der Waals surface area contributed by atoms with E-state index < -0.39 is 6.17 Å². The highest BCUT2D eigenvalue weighted by Crippen LogP contribution is 2.13. The lowest BCUT2D eigenvalue weighted by Crippen LogP contribution is -2.58. The van der Waals surface area contributed by atoms with Crippen LogP contribution in [0.2, 0.25) is 0 Å². The molecule has 0 saturated carbocycles. The van der Waals surface area contributed by atoms with E-state index in [1.807, 2.05) is 11.6 Å². The zero-order valence-electron chi connectivity index (χ0n) is 8.33. The first-order valence-electron chi connectivity index (χ1n) is 4.86. The van der Waals surface area contributed by atoms with Gasteiger partial charge in [0, 0.05) is 6.42 Å². The molecule has 0 aromatic rings. The number of guanidine groups is 1. The lowest BCUT2D eigenvalue weighted by molar-refractivity contribution is -0.522. The van der Waals surface area contributed by atoms with Crippen LogP contribution in [0.3, 0.4) is 0 Å². The molecule has 2 heterocycles. The van der Waals surface area contributed by atoms with Crippen molar-refractivity contribution in [3.63, 3.8) is 0 Å². The zero-order chi connectivity index (χ0) is 9.42. The van der Waals surface area contributed by atoms with Crippen molar-refractivity contribution in [2.45, 2.75) is 12.6 Å². The van der Waals surface area contributed by atoms with E-state index in [0.29, 0.717) is 13.1 Å². The van der Waals surface area contributed by atoms with Gasteiger partial charge in [0.2, 0.25) is 0 Å². The topological polar surface area (TPSA) is 9.49 Å². The van der Waals surface area contributed by atoms with Gasteiger partial charge >= 0.3 is 5.96 Å². The van der Waals surface area contributed by atoms with Gasteiger partial charge in [-0.05, 0) is 0 Å². The molecule has 0 N–H and O–H groups in total. The minimum atomic E-state index is -0.694. The third-order valence-corrected chi connectivity index (χ3v) is 2.78. The lowest BCUT2D eigenvalue weighted by Gasteiger charge is -2.35. The molecule has 0 bridgehead atoms. The monoisotopic (exact) mass is 186 g/mol. The summed E-state index contributed by atoms with van der Waals surface area (Å²) in [5, 5.41) is 0. The molecule has 2 rings (SSSR count). The molecular weight excluding hydrogens is 169 g/mol. The first-order valence-corrected chi connectivity index (χ1v) is 4.86. The van der Waals surface area contributed by atoms with Crippen molar-refractivity contribution in [2.75, 3.05) is 40.3 Å². The number of hydrogen-bond acceptors (Lipinski definition) is 2. The van der Waals surface area contributed by atoms with Crippen LogP contribution in [0.1, 0.15) is 6.42 Å². The SMILES string of the molecule is CN1CCCN2C[C@H](F)C[N+](C)=C12. The van der Waals surface area contributed by atoms with Gasteiger partial charge in [-0.1, -0.05) is 0 Å². The van der Waals surface area contributed by atoms with Crippen molar-refractivity contribution in [2.24, 2.45) is 0 Å². The minimum absolute atomic E-state index is 0.538. The number of rotatable bonds is 0. The van der Waals surface area contributed by atoms with E-state index in [0.717, 1.165) is 19.5 Å². The smallest absolute Gasteiger partial charge is 0.267 e. The Morgan fingerprint density at radius 2 is 2.23 bits per heavy atom. The molecule has 13 heavy (non-hydrogen) atoms. The van der Waals surface area contributed by atoms with Gasteiger partial charge in [-0.15, -0.1) is 0 Å². The maximum absolute atomic E-state index is 13.2. The summed E-state index contributed by atoms with van der Waals surface area (Å²) in [6.45, 7) is 3.21. The molecule has 0 unspecified atom stereocenters. The Morgan fingerprint density at radius 3 is 3.00 bits per heavy atom. The Kier molecular flexibility index (Phi) is 2.14. The molecule has 2 aliphatic rings. The Labute approximate surface area is 78.4 Å². The summed E-state index contributed by atoms with van der Waals surface area (Å²) >= 11 is 0. The second-order valence-corrected chi connectivity index (χ2v) is 4.00. The molecule has 1 atom stereocenters. The molecule has 3 nitrogen and oxygen atoms in total. The number of hydrogen-bond donors (Lipinski definition) is 0. The zero-order valence-corrected chi connectivity index (χ0v) is 8.33. The van der Waals surface area contributed by atoms with Gasteiger partial charge in [0.15, 0.2) is 6.17 Å². The standard InChI is InChI=1S/C9H17FN3/c1-11-4-3-5-13-7-8(10)6-12(2)9(11)13/h8H,3-7H2,1-2H3/q+1/t8-/m1/s1. The molecule has 1 saturated heterocycles. The Bertz CT molecular complexity index is 239. The van der Waals surface area contributed by atoms with Crippen LogP contribution in [0.4, 0.5) is 4.39 Å². The Hall–Kier alpha value is -0.800. The van der Waals surface area contributed by atoms with Gasteiger partial charge in [-0.25, -0.2) is 4.39 Å².